The highest BCUT2D eigenvalue weighted by atomic mass is 16.6. The third kappa shape index (κ3) is 6.23. The van der Waals surface area contributed by atoms with Gasteiger partial charge in [-0.15, -0.1) is 0 Å². The Morgan fingerprint density at radius 3 is 2.18 bits per heavy atom. The lowest BCUT2D eigenvalue weighted by Crippen LogP contribution is -2.06. The Balaban J connectivity index is 3.88. The highest BCUT2D eigenvalue weighted by Gasteiger charge is 2.00. The molecule has 0 radical (unpaired) electrons. The van der Waals surface area contributed by atoms with Gasteiger partial charge in [-0.1, -0.05) is 0 Å². The predicted molar refractivity (Wildman–Crippen MR) is 33.5 cm³/mol. The molecule has 0 spiro atoms. The fourth-order valence-corrected chi connectivity index (χ4v) is 0.315. The number of carboxylic acid groups (broad SMARTS) is 1. The van der Waals surface area contributed by atoms with Crippen LogP contribution >= 0.6 is 0 Å². The van der Waals surface area contributed by atoms with Gasteiger partial charge in [0.25, 0.3) is 0 Å². The van der Waals surface area contributed by atoms with Gasteiger partial charge in [-0.2, -0.15) is 0 Å². The minimum Gasteiger partial charge on any atom is -0.478 e. The third-order valence-electron chi connectivity index (χ3n) is 0.606. The van der Waals surface area contributed by atoms with Crippen LogP contribution in [0.2, 0.25) is 0 Å². The van der Waals surface area contributed by atoms with E-state index < -0.39 is 17.9 Å². The Hall–Kier alpha value is -1.65. The van der Waals surface area contributed by atoms with Gasteiger partial charge in [-0.3, -0.25) is 4.79 Å². The number of rotatable bonds is 2. The zero-order valence-corrected chi connectivity index (χ0v) is 5.73. The second-order valence-corrected chi connectivity index (χ2v) is 1.58. The summed E-state index contributed by atoms with van der Waals surface area (Å²) in [4.78, 5) is 30.2. The van der Waals surface area contributed by atoms with E-state index in [1.165, 1.54) is 0 Å². The molecule has 0 aromatic heterocycles. The SMILES string of the molecule is CC(=O)OC(=O)C=CC(=O)O. The summed E-state index contributed by atoms with van der Waals surface area (Å²) < 4.78 is 3.97. The monoisotopic (exact) mass is 158 g/mol. The average molecular weight is 158 g/mol. The number of carbonyl (C=O) groups excluding carboxylic acids is 2. The van der Waals surface area contributed by atoms with Crippen LogP contribution in [0.5, 0.6) is 0 Å². The zero-order valence-electron chi connectivity index (χ0n) is 5.73. The predicted octanol–water partition coefficient (Wildman–Crippen LogP) is -0.283. The highest BCUT2D eigenvalue weighted by Crippen LogP contribution is 1.82. The molecule has 0 aromatic carbocycles. The number of hydrogen-bond donors (Lipinski definition) is 1. The Morgan fingerprint density at radius 1 is 1.27 bits per heavy atom. The largest absolute Gasteiger partial charge is 0.478 e. The van der Waals surface area contributed by atoms with E-state index in [0.29, 0.717) is 12.2 Å². The summed E-state index contributed by atoms with van der Waals surface area (Å²) in [5.74, 6) is -3.03. The van der Waals surface area contributed by atoms with E-state index in [1.807, 2.05) is 0 Å². The maximum Gasteiger partial charge on any atom is 0.338 e. The maximum absolute atomic E-state index is 10.4. The molecular weight excluding hydrogens is 152 g/mol. The van der Waals surface area contributed by atoms with Crippen LogP contribution in [0, 0.1) is 0 Å². The van der Waals surface area contributed by atoms with Crippen molar-refractivity contribution in [3.05, 3.63) is 12.2 Å². The van der Waals surface area contributed by atoms with Gasteiger partial charge in [0.1, 0.15) is 0 Å². The fourth-order valence-electron chi connectivity index (χ4n) is 0.315. The molecule has 0 aromatic rings. The lowest BCUT2D eigenvalue weighted by Gasteiger charge is -1.90. The molecule has 0 atom stereocenters. The molecule has 0 aliphatic rings. The molecule has 60 valence electrons. The first-order valence-electron chi connectivity index (χ1n) is 2.65. The van der Waals surface area contributed by atoms with Crippen LogP contribution in [0.15, 0.2) is 12.2 Å². The van der Waals surface area contributed by atoms with Crippen LogP contribution in [-0.2, 0) is 19.1 Å². The van der Waals surface area contributed by atoms with Crippen molar-refractivity contribution in [2.45, 2.75) is 6.92 Å². The Morgan fingerprint density at radius 2 is 1.82 bits per heavy atom. The standard InChI is InChI=1S/C6H6O5/c1-4(7)11-6(10)3-2-5(8)9/h2-3H,1H3,(H,8,9). The molecule has 0 fully saturated rings. The smallest absolute Gasteiger partial charge is 0.338 e. The summed E-state index contributed by atoms with van der Waals surface area (Å²) in [5, 5.41) is 8.02. The number of ether oxygens (including phenoxy) is 1. The topological polar surface area (TPSA) is 80.7 Å². The summed E-state index contributed by atoms with van der Waals surface area (Å²) in [6.07, 6.45) is 1.25. The first-order chi connectivity index (χ1) is 5.02. The number of aliphatic carboxylic acids is 1. The van der Waals surface area contributed by atoms with Crippen molar-refractivity contribution in [3.63, 3.8) is 0 Å². The van der Waals surface area contributed by atoms with Gasteiger partial charge in [0.05, 0.1) is 0 Å². The van der Waals surface area contributed by atoms with Crippen molar-refractivity contribution in [1.29, 1.82) is 0 Å². The Kier molecular flexibility index (Phi) is 3.58. The molecule has 0 heterocycles. The van der Waals surface area contributed by atoms with Gasteiger partial charge in [0, 0.05) is 19.1 Å². The summed E-state index contributed by atoms with van der Waals surface area (Å²) in [6.45, 7) is 1.05. The molecule has 11 heavy (non-hydrogen) atoms. The molecule has 0 bridgehead atoms. The van der Waals surface area contributed by atoms with Gasteiger partial charge < -0.3 is 9.84 Å². The van der Waals surface area contributed by atoms with Crippen molar-refractivity contribution < 1.29 is 24.2 Å². The second-order valence-electron chi connectivity index (χ2n) is 1.58. The van der Waals surface area contributed by atoms with Crippen LogP contribution in [0.3, 0.4) is 0 Å². The Labute approximate surface area is 62.3 Å². The average Bonchev–Trinajstić information content (AvgIpc) is 1.82. The lowest BCUT2D eigenvalue weighted by molar-refractivity contribution is -0.154. The Bertz CT molecular complexity index is 215. The maximum atomic E-state index is 10.4. The number of carbonyl (C=O) groups is 3. The zero-order chi connectivity index (χ0) is 8.85. The minimum atomic E-state index is -1.27. The van der Waals surface area contributed by atoms with Crippen molar-refractivity contribution in [2.75, 3.05) is 0 Å². The quantitative estimate of drug-likeness (QED) is 0.339. The van der Waals surface area contributed by atoms with Gasteiger partial charge in [-0.05, 0) is 0 Å². The number of esters is 2. The molecule has 5 nitrogen and oxygen atoms in total. The van der Waals surface area contributed by atoms with E-state index in [0.717, 1.165) is 6.92 Å². The molecule has 0 aliphatic carbocycles. The first-order valence-corrected chi connectivity index (χ1v) is 2.65. The normalized spacial score (nSPS) is 9.55. The second kappa shape index (κ2) is 4.21. The molecule has 0 aliphatic heterocycles. The van der Waals surface area contributed by atoms with Crippen molar-refractivity contribution in [3.8, 4) is 0 Å². The lowest BCUT2D eigenvalue weighted by atomic mass is 10.5. The summed E-state index contributed by atoms with van der Waals surface area (Å²) in [6, 6.07) is 0. The minimum absolute atomic E-state index is 0.589. The molecule has 0 saturated heterocycles. The summed E-state index contributed by atoms with van der Waals surface area (Å²) >= 11 is 0. The van der Waals surface area contributed by atoms with Crippen molar-refractivity contribution in [1.82, 2.24) is 0 Å². The van der Waals surface area contributed by atoms with E-state index in [1.54, 1.807) is 0 Å². The summed E-state index contributed by atoms with van der Waals surface area (Å²) in [7, 11) is 0. The molecular formula is C6H6O5. The third-order valence-corrected chi connectivity index (χ3v) is 0.606. The van der Waals surface area contributed by atoms with E-state index in [9.17, 15) is 14.4 Å². The van der Waals surface area contributed by atoms with Crippen LogP contribution in [-0.4, -0.2) is 23.0 Å². The number of carboxylic acids is 1. The molecule has 0 saturated carbocycles. The molecule has 0 unspecified atom stereocenters. The van der Waals surface area contributed by atoms with Gasteiger partial charge in [0.2, 0.25) is 0 Å². The van der Waals surface area contributed by atoms with Crippen LogP contribution < -0.4 is 0 Å². The van der Waals surface area contributed by atoms with E-state index in [4.69, 9.17) is 5.11 Å². The fraction of sp³-hybridized carbons (Fsp3) is 0.167. The van der Waals surface area contributed by atoms with Crippen LogP contribution in [0.4, 0.5) is 0 Å². The first kappa shape index (κ1) is 9.35. The van der Waals surface area contributed by atoms with Gasteiger partial charge >= 0.3 is 17.9 Å². The van der Waals surface area contributed by atoms with Gasteiger partial charge in [0.15, 0.2) is 0 Å². The van der Waals surface area contributed by atoms with Crippen molar-refractivity contribution in [2.24, 2.45) is 0 Å². The van der Waals surface area contributed by atoms with E-state index >= 15 is 0 Å². The molecule has 0 amide bonds. The van der Waals surface area contributed by atoms with E-state index in [-0.39, 0.29) is 0 Å². The van der Waals surface area contributed by atoms with Crippen LogP contribution in [0.25, 0.3) is 0 Å². The summed E-state index contributed by atoms with van der Waals surface area (Å²) in [5.41, 5.74) is 0. The van der Waals surface area contributed by atoms with Crippen LogP contribution in [0.1, 0.15) is 6.92 Å². The number of hydrogen-bond acceptors (Lipinski definition) is 4. The van der Waals surface area contributed by atoms with Crippen molar-refractivity contribution >= 4 is 17.9 Å². The molecule has 1 N–H and O–H groups in total. The molecule has 5 heteroatoms. The highest BCUT2D eigenvalue weighted by molar-refractivity contribution is 5.95. The molecule has 0 rings (SSSR count). The van der Waals surface area contributed by atoms with E-state index in [2.05, 4.69) is 4.74 Å². The van der Waals surface area contributed by atoms with Gasteiger partial charge in [-0.25, -0.2) is 9.59 Å².